The van der Waals surface area contributed by atoms with Gasteiger partial charge in [0.1, 0.15) is 0 Å². The van der Waals surface area contributed by atoms with E-state index in [0.717, 1.165) is 5.56 Å². The van der Waals surface area contributed by atoms with Gasteiger partial charge < -0.3 is 4.74 Å². The third-order valence-corrected chi connectivity index (χ3v) is 1.92. The summed E-state index contributed by atoms with van der Waals surface area (Å²) in [5.41, 5.74) is 1.09. The molecule has 0 bridgehead atoms. The summed E-state index contributed by atoms with van der Waals surface area (Å²) in [5.74, 6) is -0.191. The molecule has 1 aromatic heterocycles. The van der Waals surface area contributed by atoms with Crippen LogP contribution in [0.25, 0.3) is 0 Å². The molecule has 15 heavy (non-hydrogen) atoms. The van der Waals surface area contributed by atoms with Crippen molar-refractivity contribution < 1.29 is 9.53 Å². The maximum absolute atomic E-state index is 11.2. The number of hydrogen-bond acceptors (Lipinski definition) is 4. The molecule has 0 radical (unpaired) electrons. The molecule has 0 aliphatic carbocycles. The fourth-order valence-corrected chi connectivity index (χ4v) is 1.35. The van der Waals surface area contributed by atoms with E-state index in [9.17, 15) is 4.79 Å². The summed E-state index contributed by atoms with van der Waals surface area (Å²) in [4.78, 5) is 13.1. The predicted octanol–water partition coefficient (Wildman–Crippen LogP) is 0.415. The van der Waals surface area contributed by atoms with Crippen molar-refractivity contribution in [1.29, 1.82) is 0 Å². The highest BCUT2D eigenvalue weighted by Crippen LogP contribution is 2.00. The number of esters is 1. The van der Waals surface area contributed by atoms with E-state index in [1.165, 1.54) is 0 Å². The van der Waals surface area contributed by atoms with Crippen LogP contribution in [0.2, 0.25) is 0 Å². The summed E-state index contributed by atoms with van der Waals surface area (Å²) < 4.78 is 6.60. The summed E-state index contributed by atoms with van der Waals surface area (Å²) in [6, 6.07) is 0. The molecule has 5 heteroatoms. The molecular formula is C10H17N3O2. The van der Waals surface area contributed by atoms with Crippen LogP contribution in [0.5, 0.6) is 0 Å². The number of hydrogen-bond donors (Lipinski definition) is 0. The van der Waals surface area contributed by atoms with Gasteiger partial charge in [-0.1, -0.05) is 0 Å². The third-order valence-electron chi connectivity index (χ3n) is 1.92. The second-order valence-electron chi connectivity index (χ2n) is 3.50. The lowest BCUT2D eigenvalue weighted by atomic mass is 10.3. The second-order valence-corrected chi connectivity index (χ2v) is 3.50. The van der Waals surface area contributed by atoms with Crippen molar-refractivity contribution in [2.24, 2.45) is 7.05 Å². The van der Waals surface area contributed by atoms with Crippen LogP contribution in [-0.2, 0) is 23.1 Å². The quantitative estimate of drug-likeness (QED) is 0.662. The zero-order valence-corrected chi connectivity index (χ0v) is 9.43. The number of aryl methyl sites for hydroxylation is 1. The Hall–Kier alpha value is -1.36. The average molecular weight is 211 g/mol. The van der Waals surface area contributed by atoms with Gasteiger partial charge in [0.2, 0.25) is 0 Å². The highest BCUT2D eigenvalue weighted by molar-refractivity contribution is 5.71. The Morgan fingerprint density at radius 1 is 1.67 bits per heavy atom. The van der Waals surface area contributed by atoms with Gasteiger partial charge >= 0.3 is 5.97 Å². The summed E-state index contributed by atoms with van der Waals surface area (Å²) in [6.45, 7) is 3.24. The molecule has 0 atom stereocenters. The second kappa shape index (κ2) is 5.50. The monoisotopic (exact) mass is 211 g/mol. The lowest BCUT2D eigenvalue weighted by Gasteiger charge is -2.13. The Labute approximate surface area is 89.6 Å². The summed E-state index contributed by atoms with van der Waals surface area (Å²) >= 11 is 0. The van der Waals surface area contributed by atoms with Crippen molar-refractivity contribution in [2.45, 2.75) is 13.5 Å². The van der Waals surface area contributed by atoms with Crippen molar-refractivity contribution >= 4 is 5.97 Å². The van der Waals surface area contributed by atoms with E-state index in [4.69, 9.17) is 4.74 Å². The number of carbonyl (C=O) groups is 1. The molecular weight excluding hydrogens is 194 g/mol. The molecule has 5 nitrogen and oxygen atoms in total. The molecule has 0 unspecified atom stereocenters. The zero-order valence-electron chi connectivity index (χ0n) is 9.43. The van der Waals surface area contributed by atoms with Crippen molar-refractivity contribution in [3.8, 4) is 0 Å². The molecule has 0 aliphatic heterocycles. The number of nitrogens with zero attached hydrogens (tertiary/aromatic N) is 3. The van der Waals surface area contributed by atoms with Crippen molar-refractivity contribution in [3.63, 3.8) is 0 Å². The molecule has 84 valence electrons. The van der Waals surface area contributed by atoms with Gasteiger partial charge in [-0.2, -0.15) is 5.10 Å². The van der Waals surface area contributed by atoms with Gasteiger partial charge in [-0.3, -0.25) is 14.4 Å². The Kier molecular flexibility index (Phi) is 4.30. The molecule has 0 saturated heterocycles. The van der Waals surface area contributed by atoms with Gasteiger partial charge in [-0.25, -0.2) is 0 Å². The van der Waals surface area contributed by atoms with Gasteiger partial charge in [-0.05, 0) is 14.0 Å². The van der Waals surface area contributed by atoms with E-state index >= 15 is 0 Å². The highest BCUT2D eigenvalue weighted by Gasteiger charge is 2.08. The molecule has 0 aliphatic rings. The standard InChI is InChI=1S/C10H17N3O2/c1-4-15-10(14)8-12(2)6-9-5-11-13(3)7-9/h5,7H,4,6,8H2,1-3H3. The summed E-state index contributed by atoms with van der Waals surface area (Å²) in [6.07, 6.45) is 3.73. The van der Waals surface area contributed by atoms with E-state index in [1.54, 1.807) is 17.8 Å². The first-order chi connectivity index (χ1) is 7.11. The van der Waals surface area contributed by atoms with Gasteiger partial charge in [0.25, 0.3) is 0 Å². The maximum atomic E-state index is 11.2. The van der Waals surface area contributed by atoms with Crippen LogP contribution in [0.3, 0.4) is 0 Å². The number of carbonyl (C=O) groups excluding carboxylic acids is 1. The highest BCUT2D eigenvalue weighted by atomic mass is 16.5. The van der Waals surface area contributed by atoms with Crippen LogP contribution in [0, 0.1) is 0 Å². The Bertz CT molecular complexity index is 322. The summed E-state index contributed by atoms with van der Waals surface area (Å²) in [7, 11) is 3.75. The van der Waals surface area contributed by atoms with Crippen LogP contribution in [0.4, 0.5) is 0 Å². The minimum Gasteiger partial charge on any atom is -0.465 e. The normalized spacial score (nSPS) is 10.7. The number of ether oxygens (including phenoxy) is 1. The van der Waals surface area contributed by atoms with Crippen LogP contribution in [0.1, 0.15) is 12.5 Å². The first kappa shape index (κ1) is 11.7. The molecule has 0 fully saturated rings. The molecule has 0 saturated carbocycles. The third kappa shape index (κ3) is 4.12. The fraction of sp³-hybridized carbons (Fsp3) is 0.600. The number of rotatable bonds is 5. The van der Waals surface area contributed by atoms with Crippen molar-refractivity contribution in [2.75, 3.05) is 20.2 Å². The largest absolute Gasteiger partial charge is 0.465 e. The van der Waals surface area contributed by atoms with E-state index in [-0.39, 0.29) is 5.97 Å². The van der Waals surface area contributed by atoms with Crippen LogP contribution < -0.4 is 0 Å². The number of likely N-dealkylation sites (N-methyl/N-ethyl adjacent to an activating group) is 1. The van der Waals surface area contributed by atoms with Crippen molar-refractivity contribution in [1.82, 2.24) is 14.7 Å². The van der Waals surface area contributed by atoms with E-state index in [0.29, 0.717) is 19.7 Å². The van der Waals surface area contributed by atoms with Crippen LogP contribution in [0.15, 0.2) is 12.4 Å². The molecule has 1 heterocycles. The predicted molar refractivity (Wildman–Crippen MR) is 56.2 cm³/mol. The molecule has 0 aromatic carbocycles. The van der Waals surface area contributed by atoms with Gasteiger partial charge in [0.15, 0.2) is 0 Å². The molecule has 1 aromatic rings. The zero-order chi connectivity index (χ0) is 11.3. The van der Waals surface area contributed by atoms with E-state index in [2.05, 4.69) is 5.10 Å². The number of aromatic nitrogens is 2. The van der Waals surface area contributed by atoms with Crippen molar-refractivity contribution in [3.05, 3.63) is 18.0 Å². The molecule has 1 rings (SSSR count). The SMILES string of the molecule is CCOC(=O)CN(C)Cc1cnn(C)c1. The minimum absolute atomic E-state index is 0.191. The molecule has 0 spiro atoms. The van der Waals surface area contributed by atoms with Crippen LogP contribution >= 0.6 is 0 Å². The van der Waals surface area contributed by atoms with E-state index in [1.807, 2.05) is 25.2 Å². The Morgan fingerprint density at radius 2 is 2.40 bits per heavy atom. The van der Waals surface area contributed by atoms with E-state index < -0.39 is 0 Å². The van der Waals surface area contributed by atoms with Crippen LogP contribution in [-0.4, -0.2) is 40.8 Å². The minimum atomic E-state index is -0.191. The lowest BCUT2D eigenvalue weighted by Crippen LogP contribution is -2.26. The smallest absolute Gasteiger partial charge is 0.320 e. The first-order valence-corrected chi connectivity index (χ1v) is 4.93. The Balaban J connectivity index is 2.35. The summed E-state index contributed by atoms with van der Waals surface area (Å²) in [5, 5.41) is 4.06. The maximum Gasteiger partial charge on any atom is 0.320 e. The van der Waals surface area contributed by atoms with Gasteiger partial charge in [0, 0.05) is 25.4 Å². The topological polar surface area (TPSA) is 47.4 Å². The lowest BCUT2D eigenvalue weighted by molar-refractivity contribution is -0.144. The fourth-order valence-electron chi connectivity index (χ4n) is 1.35. The Morgan fingerprint density at radius 3 is 2.93 bits per heavy atom. The van der Waals surface area contributed by atoms with Gasteiger partial charge in [0.05, 0.1) is 19.3 Å². The first-order valence-electron chi connectivity index (χ1n) is 4.93. The molecule has 0 N–H and O–H groups in total. The average Bonchev–Trinajstić information content (AvgIpc) is 2.51. The van der Waals surface area contributed by atoms with Gasteiger partial charge in [-0.15, -0.1) is 0 Å². The molecule has 0 amide bonds.